The van der Waals surface area contributed by atoms with Crippen LogP contribution in [0.4, 0.5) is 0 Å². The molecule has 0 aromatic carbocycles. The van der Waals surface area contributed by atoms with Gasteiger partial charge in [0, 0.05) is 18.9 Å². The third kappa shape index (κ3) is 4.08. The third-order valence-corrected chi connectivity index (χ3v) is 9.94. The molecule has 8 unspecified atom stereocenters. The van der Waals surface area contributed by atoms with Crippen LogP contribution in [0, 0.1) is 34.5 Å². The lowest BCUT2D eigenvalue weighted by molar-refractivity contribution is -0.164. The van der Waals surface area contributed by atoms with E-state index in [2.05, 4.69) is 32.8 Å². The molecule has 0 heterocycles. The summed E-state index contributed by atoms with van der Waals surface area (Å²) in [4.78, 5) is 13.9. The fourth-order valence-electron chi connectivity index (χ4n) is 8.35. The lowest BCUT2D eigenvalue weighted by atomic mass is 9.45. The number of ether oxygens (including phenoxy) is 2. The van der Waals surface area contributed by atoms with Gasteiger partial charge in [0.2, 0.25) is 0 Å². The van der Waals surface area contributed by atoms with Gasteiger partial charge in [-0.25, -0.2) is 0 Å². The highest BCUT2D eigenvalue weighted by Gasteiger charge is 2.61. The maximum absolute atomic E-state index is 11.7. The number of carbonyl (C=O) groups is 1. The quantitative estimate of drug-likeness (QED) is 0.433. The van der Waals surface area contributed by atoms with Gasteiger partial charge in [0.05, 0.1) is 6.10 Å². The van der Waals surface area contributed by atoms with Gasteiger partial charge in [-0.2, -0.15) is 0 Å². The first-order valence-corrected chi connectivity index (χ1v) is 12.7. The lowest BCUT2D eigenvalue weighted by Crippen LogP contribution is -2.54. The summed E-state index contributed by atoms with van der Waals surface area (Å²) < 4.78 is 12.1. The molecule has 0 radical (unpaired) electrons. The Morgan fingerprint density at radius 1 is 0.967 bits per heavy atom. The highest BCUT2D eigenvalue weighted by Crippen LogP contribution is 2.66. The van der Waals surface area contributed by atoms with Gasteiger partial charge in [-0.1, -0.05) is 13.8 Å². The summed E-state index contributed by atoms with van der Waals surface area (Å²) in [6.45, 7) is 8.66. The number of fused-ring (bicyclic) bond motifs is 5. The summed E-state index contributed by atoms with van der Waals surface area (Å²) >= 11 is 0. The monoisotopic (exact) mass is 419 g/mol. The number of hydrogen-bond acceptors (Lipinski definition) is 4. The summed E-state index contributed by atoms with van der Waals surface area (Å²) in [7, 11) is 4.27. The van der Waals surface area contributed by atoms with E-state index in [4.69, 9.17) is 9.47 Å². The fraction of sp³-hybridized carbons (Fsp3) is 0.962. The van der Waals surface area contributed by atoms with Crippen LogP contribution in [-0.4, -0.2) is 50.3 Å². The van der Waals surface area contributed by atoms with E-state index in [1.54, 1.807) is 6.92 Å². The van der Waals surface area contributed by atoms with E-state index in [1.807, 2.05) is 0 Å². The predicted octanol–water partition coefficient (Wildman–Crippen LogP) is 5.30. The molecule has 0 bridgehead atoms. The molecule has 8 atom stereocenters. The van der Waals surface area contributed by atoms with Crippen LogP contribution in [-0.2, 0) is 14.3 Å². The minimum atomic E-state index is -0.0939. The average Bonchev–Trinajstić information content (AvgIpc) is 3.01. The largest absolute Gasteiger partial charge is 0.462 e. The lowest BCUT2D eigenvalue weighted by Gasteiger charge is -2.60. The van der Waals surface area contributed by atoms with Gasteiger partial charge in [0.1, 0.15) is 6.10 Å². The molecular formula is C26H45NO3. The van der Waals surface area contributed by atoms with Crippen molar-refractivity contribution in [2.24, 2.45) is 34.5 Å². The molecule has 4 aliphatic carbocycles. The van der Waals surface area contributed by atoms with E-state index in [0.29, 0.717) is 11.5 Å². The van der Waals surface area contributed by atoms with Crippen LogP contribution in [0.15, 0.2) is 0 Å². The van der Waals surface area contributed by atoms with E-state index >= 15 is 0 Å². The molecule has 4 rings (SSSR count). The zero-order chi connectivity index (χ0) is 21.5. The molecular weight excluding hydrogens is 374 g/mol. The van der Waals surface area contributed by atoms with Crippen LogP contribution in [0.2, 0.25) is 0 Å². The van der Waals surface area contributed by atoms with Crippen molar-refractivity contribution in [3.63, 3.8) is 0 Å². The van der Waals surface area contributed by atoms with E-state index < -0.39 is 0 Å². The highest BCUT2D eigenvalue weighted by atomic mass is 16.5. The zero-order valence-corrected chi connectivity index (χ0v) is 20.1. The standard InChI is InChI=1S/C26H45NO3/c1-18(28)30-24-10-9-22-21-8-7-19-17-20(29-16-6-15-27(4)5)11-13-25(19,2)23(21)12-14-26(22,24)3/h19-24H,6-17H2,1-5H3. The molecule has 0 amide bonds. The summed E-state index contributed by atoms with van der Waals surface area (Å²) in [5, 5.41) is 0. The second kappa shape index (κ2) is 8.73. The molecule has 4 saturated carbocycles. The van der Waals surface area contributed by atoms with Gasteiger partial charge in [-0.3, -0.25) is 4.79 Å². The van der Waals surface area contributed by atoms with Crippen molar-refractivity contribution in [3.05, 3.63) is 0 Å². The van der Waals surface area contributed by atoms with Crippen molar-refractivity contribution in [2.45, 2.75) is 97.2 Å². The minimum Gasteiger partial charge on any atom is -0.462 e. The molecule has 0 aliphatic heterocycles. The van der Waals surface area contributed by atoms with Crippen molar-refractivity contribution in [1.82, 2.24) is 4.90 Å². The van der Waals surface area contributed by atoms with Gasteiger partial charge in [0.25, 0.3) is 0 Å². The van der Waals surface area contributed by atoms with E-state index in [9.17, 15) is 4.79 Å². The minimum absolute atomic E-state index is 0.0939. The first kappa shape index (κ1) is 22.6. The van der Waals surface area contributed by atoms with Crippen LogP contribution in [0.1, 0.15) is 85.0 Å². The molecule has 30 heavy (non-hydrogen) atoms. The molecule has 0 aromatic rings. The van der Waals surface area contributed by atoms with Crippen molar-refractivity contribution in [1.29, 1.82) is 0 Å². The summed E-state index contributed by atoms with van der Waals surface area (Å²) in [5.41, 5.74) is 0.704. The predicted molar refractivity (Wildman–Crippen MR) is 120 cm³/mol. The molecule has 4 aliphatic rings. The molecule has 0 aromatic heterocycles. The van der Waals surface area contributed by atoms with Gasteiger partial charge in [-0.15, -0.1) is 0 Å². The van der Waals surface area contributed by atoms with E-state index in [-0.39, 0.29) is 17.5 Å². The maximum atomic E-state index is 11.7. The zero-order valence-electron chi connectivity index (χ0n) is 20.1. The molecule has 4 fully saturated rings. The number of carbonyl (C=O) groups excluding carboxylic acids is 1. The first-order chi connectivity index (χ1) is 14.2. The smallest absolute Gasteiger partial charge is 0.302 e. The number of rotatable bonds is 6. The Kier molecular flexibility index (Phi) is 6.57. The number of esters is 1. The van der Waals surface area contributed by atoms with Crippen LogP contribution in [0.25, 0.3) is 0 Å². The normalized spacial score (nSPS) is 45.5. The van der Waals surface area contributed by atoms with Gasteiger partial charge in [-0.05, 0) is 114 Å². The third-order valence-electron chi connectivity index (χ3n) is 9.94. The fourth-order valence-corrected chi connectivity index (χ4v) is 8.35. The van der Waals surface area contributed by atoms with Crippen molar-refractivity contribution in [3.8, 4) is 0 Å². The maximum Gasteiger partial charge on any atom is 0.302 e. The van der Waals surface area contributed by atoms with Crippen molar-refractivity contribution < 1.29 is 14.3 Å². The summed E-state index contributed by atoms with van der Waals surface area (Å²) in [6.07, 6.45) is 13.3. The Hall–Kier alpha value is -0.610. The molecule has 4 heteroatoms. The summed E-state index contributed by atoms with van der Waals surface area (Å²) in [6, 6.07) is 0. The Bertz CT molecular complexity index is 621. The Balaban J connectivity index is 1.38. The molecule has 0 saturated heterocycles. The second-order valence-electron chi connectivity index (χ2n) is 11.8. The highest BCUT2D eigenvalue weighted by molar-refractivity contribution is 5.66. The first-order valence-electron chi connectivity index (χ1n) is 12.7. The molecule has 0 spiro atoms. The van der Waals surface area contributed by atoms with Crippen LogP contribution < -0.4 is 0 Å². The summed E-state index contributed by atoms with van der Waals surface area (Å²) in [5.74, 6) is 3.19. The Labute approximate surface area is 184 Å². The second-order valence-corrected chi connectivity index (χ2v) is 11.8. The average molecular weight is 420 g/mol. The molecule has 172 valence electrons. The SMILES string of the molecule is CC(=O)OC1CCC2C3CCC4CC(OCCCN(C)C)CCC4(C)C3CCC12C. The van der Waals surface area contributed by atoms with Gasteiger partial charge < -0.3 is 14.4 Å². The topological polar surface area (TPSA) is 38.8 Å². The van der Waals surface area contributed by atoms with Crippen molar-refractivity contribution >= 4 is 5.97 Å². The number of nitrogens with zero attached hydrogens (tertiary/aromatic N) is 1. The molecule has 0 N–H and O–H groups in total. The Morgan fingerprint density at radius 3 is 2.43 bits per heavy atom. The number of hydrogen-bond donors (Lipinski definition) is 0. The van der Waals surface area contributed by atoms with Crippen LogP contribution in [0.3, 0.4) is 0 Å². The van der Waals surface area contributed by atoms with Crippen molar-refractivity contribution in [2.75, 3.05) is 27.2 Å². The van der Waals surface area contributed by atoms with E-state index in [1.165, 1.54) is 51.4 Å². The van der Waals surface area contributed by atoms with Gasteiger partial charge in [0.15, 0.2) is 0 Å². The van der Waals surface area contributed by atoms with E-state index in [0.717, 1.165) is 49.7 Å². The van der Waals surface area contributed by atoms with Crippen LogP contribution >= 0.6 is 0 Å². The Morgan fingerprint density at radius 2 is 1.70 bits per heavy atom. The van der Waals surface area contributed by atoms with Crippen LogP contribution in [0.5, 0.6) is 0 Å². The molecule has 4 nitrogen and oxygen atoms in total. The van der Waals surface area contributed by atoms with Gasteiger partial charge >= 0.3 is 5.97 Å².